The Morgan fingerprint density at radius 2 is 2.25 bits per heavy atom. The van der Waals surface area contributed by atoms with Crippen molar-refractivity contribution in [2.75, 3.05) is 0 Å². The molecule has 2 atom stereocenters. The Hall–Kier alpha value is -0.530. The van der Waals surface area contributed by atoms with Crippen molar-refractivity contribution >= 4 is 5.91 Å². The minimum absolute atomic E-state index is 0.245. The molecule has 0 bridgehead atoms. The van der Waals surface area contributed by atoms with Crippen LogP contribution in [-0.2, 0) is 4.79 Å². The fourth-order valence-electron chi connectivity index (χ4n) is 1.59. The second-order valence-corrected chi connectivity index (χ2v) is 4.43. The predicted molar refractivity (Wildman–Crippen MR) is 49.8 cm³/mol. The van der Waals surface area contributed by atoms with Crippen LogP contribution in [-0.4, -0.2) is 11.9 Å². The second-order valence-electron chi connectivity index (χ2n) is 4.43. The van der Waals surface area contributed by atoms with Crippen molar-refractivity contribution in [1.82, 2.24) is 5.32 Å². The number of carbonyl (C=O) groups excluding carboxylic acids is 1. The van der Waals surface area contributed by atoms with Crippen LogP contribution in [0.4, 0.5) is 0 Å². The van der Waals surface area contributed by atoms with Gasteiger partial charge in [-0.2, -0.15) is 0 Å². The summed E-state index contributed by atoms with van der Waals surface area (Å²) in [6.07, 6.45) is 2.19. The van der Waals surface area contributed by atoms with E-state index in [2.05, 4.69) is 19.2 Å². The Bertz CT molecular complexity index is 188. The second kappa shape index (κ2) is 3.08. The van der Waals surface area contributed by atoms with E-state index in [0.717, 1.165) is 12.8 Å². The minimum atomic E-state index is 0.245. The van der Waals surface area contributed by atoms with Crippen molar-refractivity contribution in [2.24, 2.45) is 11.3 Å². The van der Waals surface area contributed by atoms with E-state index in [1.807, 2.05) is 13.8 Å². The van der Waals surface area contributed by atoms with Crippen LogP contribution in [0.25, 0.3) is 0 Å². The van der Waals surface area contributed by atoms with Gasteiger partial charge in [0.1, 0.15) is 0 Å². The molecule has 1 fully saturated rings. The molecule has 0 spiro atoms. The van der Waals surface area contributed by atoms with Crippen molar-refractivity contribution in [1.29, 1.82) is 0 Å². The summed E-state index contributed by atoms with van der Waals surface area (Å²) in [4.78, 5) is 11.5. The number of nitrogens with one attached hydrogen (secondary N) is 1. The number of amides is 1. The largest absolute Gasteiger partial charge is 0.354 e. The SMILES string of the molecule is CCC1(C)CC1C(=O)NC(C)C. The van der Waals surface area contributed by atoms with Crippen LogP contribution in [0.3, 0.4) is 0 Å². The lowest BCUT2D eigenvalue weighted by Crippen LogP contribution is -2.32. The molecule has 1 aliphatic rings. The molecular weight excluding hydrogens is 150 g/mol. The molecule has 0 heterocycles. The molecule has 0 aromatic carbocycles. The smallest absolute Gasteiger partial charge is 0.223 e. The zero-order chi connectivity index (χ0) is 9.35. The molecular formula is C10H19NO. The van der Waals surface area contributed by atoms with Gasteiger partial charge in [0, 0.05) is 12.0 Å². The first-order valence-electron chi connectivity index (χ1n) is 4.80. The lowest BCUT2D eigenvalue weighted by Gasteiger charge is -2.10. The third kappa shape index (κ3) is 1.79. The van der Waals surface area contributed by atoms with E-state index < -0.39 is 0 Å². The first-order valence-corrected chi connectivity index (χ1v) is 4.80. The van der Waals surface area contributed by atoms with Crippen molar-refractivity contribution in [3.63, 3.8) is 0 Å². The number of carbonyl (C=O) groups is 1. The summed E-state index contributed by atoms with van der Waals surface area (Å²) in [7, 11) is 0. The average Bonchev–Trinajstić information content (AvgIpc) is 2.62. The van der Waals surface area contributed by atoms with E-state index in [1.165, 1.54) is 0 Å². The molecule has 2 unspecified atom stereocenters. The predicted octanol–water partition coefficient (Wildman–Crippen LogP) is 1.95. The van der Waals surface area contributed by atoms with Gasteiger partial charge in [-0.25, -0.2) is 0 Å². The third-order valence-electron chi connectivity index (χ3n) is 2.91. The fourth-order valence-corrected chi connectivity index (χ4v) is 1.59. The highest BCUT2D eigenvalue weighted by Crippen LogP contribution is 2.54. The van der Waals surface area contributed by atoms with Gasteiger partial charge < -0.3 is 5.32 Å². The maximum Gasteiger partial charge on any atom is 0.223 e. The van der Waals surface area contributed by atoms with Gasteiger partial charge in [0.05, 0.1) is 0 Å². The van der Waals surface area contributed by atoms with Crippen LogP contribution in [0.1, 0.15) is 40.5 Å². The highest BCUT2D eigenvalue weighted by molar-refractivity contribution is 5.82. The van der Waals surface area contributed by atoms with Crippen molar-refractivity contribution < 1.29 is 4.79 Å². The summed E-state index contributed by atoms with van der Waals surface area (Å²) >= 11 is 0. The van der Waals surface area contributed by atoms with Crippen molar-refractivity contribution in [3.05, 3.63) is 0 Å². The molecule has 1 N–H and O–H groups in total. The molecule has 0 radical (unpaired) electrons. The maximum atomic E-state index is 11.5. The summed E-state index contributed by atoms with van der Waals surface area (Å²) in [6, 6.07) is 0.277. The molecule has 1 saturated carbocycles. The average molecular weight is 169 g/mol. The number of rotatable bonds is 3. The third-order valence-corrected chi connectivity index (χ3v) is 2.91. The molecule has 2 heteroatoms. The molecule has 1 amide bonds. The Balaban J connectivity index is 2.38. The molecule has 12 heavy (non-hydrogen) atoms. The van der Waals surface area contributed by atoms with Crippen molar-refractivity contribution in [3.8, 4) is 0 Å². The minimum Gasteiger partial charge on any atom is -0.354 e. The fraction of sp³-hybridized carbons (Fsp3) is 0.900. The monoisotopic (exact) mass is 169 g/mol. The van der Waals surface area contributed by atoms with E-state index in [-0.39, 0.29) is 17.9 Å². The molecule has 0 aromatic heterocycles. The van der Waals surface area contributed by atoms with Crippen LogP contribution in [0, 0.1) is 11.3 Å². The van der Waals surface area contributed by atoms with E-state index in [0.29, 0.717) is 5.41 Å². The molecule has 0 saturated heterocycles. The van der Waals surface area contributed by atoms with E-state index in [9.17, 15) is 4.79 Å². The quantitative estimate of drug-likeness (QED) is 0.687. The first-order chi connectivity index (χ1) is 5.49. The number of hydrogen-bond acceptors (Lipinski definition) is 1. The molecule has 0 aromatic rings. The molecule has 1 aliphatic carbocycles. The van der Waals surface area contributed by atoms with Gasteiger partial charge in [0.15, 0.2) is 0 Å². The van der Waals surface area contributed by atoms with Gasteiger partial charge >= 0.3 is 0 Å². The molecule has 1 rings (SSSR count). The zero-order valence-electron chi connectivity index (χ0n) is 8.48. The Morgan fingerprint density at radius 1 is 1.67 bits per heavy atom. The highest BCUT2D eigenvalue weighted by Gasteiger charge is 2.52. The first kappa shape index (κ1) is 9.56. The van der Waals surface area contributed by atoms with Crippen LogP contribution in [0.15, 0.2) is 0 Å². The van der Waals surface area contributed by atoms with Gasteiger partial charge in [-0.15, -0.1) is 0 Å². The van der Waals surface area contributed by atoms with Crippen LogP contribution in [0.2, 0.25) is 0 Å². The Kier molecular flexibility index (Phi) is 2.45. The summed E-state index contributed by atoms with van der Waals surface area (Å²) in [6.45, 7) is 8.35. The topological polar surface area (TPSA) is 29.1 Å². The number of hydrogen-bond donors (Lipinski definition) is 1. The summed E-state index contributed by atoms with van der Waals surface area (Å²) in [5.41, 5.74) is 0.305. The zero-order valence-corrected chi connectivity index (χ0v) is 8.48. The standard InChI is InChI=1S/C10H19NO/c1-5-10(4)6-8(10)9(12)11-7(2)3/h7-8H,5-6H2,1-4H3,(H,11,12). The molecule has 0 aliphatic heterocycles. The lowest BCUT2D eigenvalue weighted by molar-refractivity contribution is -0.123. The summed E-state index contributed by atoms with van der Waals surface area (Å²) in [5, 5.41) is 2.96. The summed E-state index contributed by atoms with van der Waals surface area (Å²) < 4.78 is 0. The van der Waals surface area contributed by atoms with Gasteiger partial charge in [-0.05, 0) is 32.1 Å². The van der Waals surface area contributed by atoms with Crippen molar-refractivity contribution in [2.45, 2.75) is 46.6 Å². The van der Waals surface area contributed by atoms with E-state index in [4.69, 9.17) is 0 Å². The van der Waals surface area contributed by atoms with E-state index >= 15 is 0 Å². The van der Waals surface area contributed by atoms with E-state index in [1.54, 1.807) is 0 Å². The van der Waals surface area contributed by atoms with Gasteiger partial charge in [0.2, 0.25) is 5.91 Å². The van der Waals surface area contributed by atoms with Gasteiger partial charge in [-0.1, -0.05) is 13.8 Å². The lowest BCUT2D eigenvalue weighted by atomic mass is 10.0. The Morgan fingerprint density at radius 3 is 2.58 bits per heavy atom. The van der Waals surface area contributed by atoms with Crippen LogP contribution < -0.4 is 5.32 Å². The Labute approximate surface area is 74.7 Å². The molecule has 2 nitrogen and oxygen atoms in total. The van der Waals surface area contributed by atoms with Gasteiger partial charge in [-0.3, -0.25) is 4.79 Å². The highest BCUT2D eigenvalue weighted by atomic mass is 16.2. The summed E-state index contributed by atoms with van der Waals surface area (Å²) in [5.74, 6) is 0.527. The van der Waals surface area contributed by atoms with Gasteiger partial charge in [0.25, 0.3) is 0 Å². The van der Waals surface area contributed by atoms with Crippen LogP contribution in [0.5, 0.6) is 0 Å². The normalized spacial score (nSPS) is 33.6. The maximum absolute atomic E-state index is 11.5. The van der Waals surface area contributed by atoms with Crippen LogP contribution >= 0.6 is 0 Å². The molecule has 70 valence electrons.